The first kappa shape index (κ1) is 9.98. The highest BCUT2D eigenvalue weighted by Crippen LogP contribution is 2.23. The van der Waals surface area contributed by atoms with Gasteiger partial charge in [0, 0.05) is 12.1 Å². The lowest BCUT2D eigenvalue weighted by Gasteiger charge is -2.07. The van der Waals surface area contributed by atoms with Crippen molar-refractivity contribution < 1.29 is 0 Å². The predicted octanol–water partition coefficient (Wildman–Crippen LogP) is 2.07. The van der Waals surface area contributed by atoms with E-state index < -0.39 is 0 Å². The Kier molecular flexibility index (Phi) is 2.60. The number of aromatic nitrogens is 3. The third-order valence-corrected chi connectivity index (χ3v) is 2.47. The van der Waals surface area contributed by atoms with Crippen LogP contribution >= 0.6 is 11.6 Å². The number of hydrogen-bond donors (Lipinski definition) is 1. The monoisotopic (exact) mass is 222 g/mol. The number of anilines is 1. The molecular formula is C10H11ClN4. The van der Waals surface area contributed by atoms with Crippen LogP contribution in [0.3, 0.4) is 0 Å². The maximum atomic E-state index is 6.09. The number of aryl methyl sites for hydroxylation is 1. The molecular weight excluding hydrogens is 212 g/mol. The first-order valence-electron chi connectivity index (χ1n) is 4.66. The minimum Gasteiger partial charge on any atom is -0.399 e. The second-order valence-corrected chi connectivity index (χ2v) is 3.59. The maximum Gasteiger partial charge on any atom is 0.137 e. The van der Waals surface area contributed by atoms with Gasteiger partial charge in [-0.25, -0.2) is 0 Å². The molecule has 2 N–H and O–H groups in total. The van der Waals surface area contributed by atoms with E-state index in [1.165, 1.54) is 0 Å². The van der Waals surface area contributed by atoms with Crippen LogP contribution in [-0.2, 0) is 6.42 Å². The number of benzene rings is 1. The van der Waals surface area contributed by atoms with Crippen molar-refractivity contribution in [3.8, 4) is 5.69 Å². The molecule has 5 heteroatoms. The summed E-state index contributed by atoms with van der Waals surface area (Å²) in [4.78, 5) is 0. The lowest BCUT2D eigenvalue weighted by atomic mass is 10.2. The van der Waals surface area contributed by atoms with Crippen molar-refractivity contribution >= 4 is 17.3 Å². The predicted molar refractivity (Wildman–Crippen MR) is 60.2 cm³/mol. The fourth-order valence-electron chi connectivity index (χ4n) is 1.42. The molecule has 0 atom stereocenters. The molecule has 1 aromatic carbocycles. The number of halogens is 1. The summed E-state index contributed by atoms with van der Waals surface area (Å²) in [7, 11) is 0. The fourth-order valence-corrected chi connectivity index (χ4v) is 1.70. The zero-order valence-corrected chi connectivity index (χ0v) is 9.07. The second-order valence-electron chi connectivity index (χ2n) is 3.18. The Hall–Kier alpha value is -1.55. The van der Waals surface area contributed by atoms with Crippen molar-refractivity contribution in [3.05, 3.63) is 35.4 Å². The largest absolute Gasteiger partial charge is 0.399 e. The van der Waals surface area contributed by atoms with Crippen LogP contribution in [0.15, 0.2) is 24.5 Å². The summed E-state index contributed by atoms with van der Waals surface area (Å²) in [6.07, 6.45) is 2.46. The molecule has 0 aliphatic rings. The normalized spacial score (nSPS) is 10.5. The Morgan fingerprint density at radius 1 is 1.47 bits per heavy atom. The highest BCUT2D eigenvalue weighted by Gasteiger charge is 2.07. The van der Waals surface area contributed by atoms with Gasteiger partial charge in [0.05, 0.1) is 10.7 Å². The highest BCUT2D eigenvalue weighted by atomic mass is 35.5. The van der Waals surface area contributed by atoms with E-state index in [-0.39, 0.29) is 0 Å². The Labute approximate surface area is 92.7 Å². The Morgan fingerprint density at radius 3 is 2.93 bits per heavy atom. The molecule has 0 amide bonds. The molecule has 0 spiro atoms. The van der Waals surface area contributed by atoms with Gasteiger partial charge in [0.15, 0.2) is 0 Å². The smallest absolute Gasteiger partial charge is 0.137 e. The molecule has 0 saturated heterocycles. The minimum atomic E-state index is 0.601. The van der Waals surface area contributed by atoms with Crippen LogP contribution in [0.25, 0.3) is 5.69 Å². The van der Waals surface area contributed by atoms with E-state index in [1.54, 1.807) is 18.5 Å². The molecule has 0 radical (unpaired) electrons. The summed E-state index contributed by atoms with van der Waals surface area (Å²) in [6, 6.07) is 5.39. The number of nitrogen functional groups attached to an aromatic ring is 1. The second kappa shape index (κ2) is 3.90. The molecule has 2 aromatic rings. The maximum absolute atomic E-state index is 6.09. The van der Waals surface area contributed by atoms with E-state index in [0.29, 0.717) is 10.7 Å². The molecule has 0 aliphatic carbocycles. The van der Waals surface area contributed by atoms with Crippen molar-refractivity contribution in [2.24, 2.45) is 0 Å². The third kappa shape index (κ3) is 1.80. The van der Waals surface area contributed by atoms with E-state index in [2.05, 4.69) is 10.2 Å². The molecule has 1 aromatic heterocycles. The van der Waals surface area contributed by atoms with Gasteiger partial charge in [-0.1, -0.05) is 18.5 Å². The summed E-state index contributed by atoms with van der Waals surface area (Å²) < 4.78 is 1.86. The lowest BCUT2D eigenvalue weighted by Crippen LogP contribution is -2.00. The van der Waals surface area contributed by atoms with E-state index in [9.17, 15) is 0 Å². The van der Waals surface area contributed by atoms with Crippen molar-refractivity contribution in [1.29, 1.82) is 0 Å². The van der Waals surface area contributed by atoms with Gasteiger partial charge in [-0.15, -0.1) is 10.2 Å². The summed E-state index contributed by atoms with van der Waals surface area (Å²) in [6.45, 7) is 2.02. The standard InChI is InChI=1S/C10H11ClN4/c1-2-10-14-13-6-15(10)9-4-3-7(12)5-8(9)11/h3-6H,2,12H2,1H3. The van der Waals surface area contributed by atoms with Gasteiger partial charge in [0.2, 0.25) is 0 Å². The quantitative estimate of drug-likeness (QED) is 0.792. The topological polar surface area (TPSA) is 56.7 Å². The molecule has 4 nitrogen and oxygen atoms in total. The van der Waals surface area contributed by atoms with Gasteiger partial charge in [0.25, 0.3) is 0 Å². The Bertz CT molecular complexity index is 478. The van der Waals surface area contributed by atoms with Crippen LogP contribution in [0.4, 0.5) is 5.69 Å². The van der Waals surface area contributed by atoms with E-state index in [0.717, 1.165) is 17.9 Å². The molecule has 0 aliphatic heterocycles. The Morgan fingerprint density at radius 2 is 2.27 bits per heavy atom. The van der Waals surface area contributed by atoms with Crippen molar-refractivity contribution in [3.63, 3.8) is 0 Å². The van der Waals surface area contributed by atoms with Gasteiger partial charge >= 0.3 is 0 Å². The van der Waals surface area contributed by atoms with Crippen molar-refractivity contribution in [2.75, 3.05) is 5.73 Å². The van der Waals surface area contributed by atoms with Crippen LogP contribution in [-0.4, -0.2) is 14.8 Å². The van der Waals surface area contributed by atoms with Crippen LogP contribution in [0, 0.1) is 0 Å². The van der Waals surface area contributed by atoms with Crippen LogP contribution in [0.1, 0.15) is 12.7 Å². The molecule has 1 heterocycles. The van der Waals surface area contributed by atoms with Gasteiger partial charge < -0.3 is 5.73 Å². The summed E-state index contributed by atoms with van der Waals surface area (Å²) >= 11 is 6.09. The molecule has 2 rings (SSSR count). The number of hydrogen-bond acceptors (Lipinski definition) is 3. The molecule has 78 valence electrons. The zero-order valence-electron chi connectivity index (χ0n) is 8.31. The number of nitrogens with zero attached hydrogens (tertiary/aromatic N) is 3. The summed E-state index contributed by atoms with van der Waals surface area (Å²) in [5.41, 5.74) is 7.13. The van der Waals surface area contributed by atoms with Gasteiger partial charge in [-0.05, 0) is 18.2 Å². The molecule has 0 saturated carbocycles. The Balaban J connectivity index is 2.54. The molecule has 0 bridgehead atoms. The van der Waals surface area contributed by atoms with Gasteiger partial charge in [-0.2, -0.15) is 0 Å². The van der Waals surface area contributed by atoms with Crippen molar-refractivity contribution in [2.45, 2.75) is 13.3 Å². The van der Waals surface area contributed by atoms with E-state index >= 15 is 0 Å². The van der Waals surface area contributed by atoms with Gasteiger partial charge in [0.1, 0.15) is 12.2 Å². The highest BCUT2D eigenvalue weighted by molar-refractivity contribution is 6.32. The minimum absolute atomic E-state index is 0.601. The summed E-state index contributed by atoms with van der Waals surface area (Å²) in [5.74, 6) is 0.877. The molecule has 15 heavy (non-hydrogen) atoms. The van der Waals surface area contributed by atoms with Crippen LogP contribution in [0.2, 0.25) is 5.02 Å². The SMILES string of the molecule is CCc1nncn1-c1ccc(N)cc1Cl. The van der Waals surface area contributed by atoms with E-state index in [1.807, 2.05) is 17.6 Å². The first-order valence-corrected chi connectivity index (χ1v) is 5.04. The molecule has 0 unspecified atom stereocenters. The fraction of sp³-hybridized carbons (Fsp3) is 0.200. The zero-order chi connectivity index (χ0) is 10.8. The molecule has 0 fully saturated rings. The van der Waals surface area contributed by atoms with Crippen LogP contribution < -0.4 is 5.73 Å². The number of rotatable bonds is 2. The first-order chi connectivity index (χ1) is 7.22. The summed E-state index contributed by atoms with van der Waals surface area (Å²) in [5, 5.41) is 8.46. The van der Waals surface area contributed by atoms with Crippen LogP contribution in [0.5, 0.6) is 0 Å². The average Bonchev–Trinajstić information content (AvgIpc) is 2.65. The third-order valence-electron chi connectivity index (χ3n) is 2.17. The lowest BCUT2D eigenvalue weighted by molar-refractivity contribution is 0.883. The van der Waals surface area contributed by atoms with E-state index in [4.69, 9.17) is 17.3 Å². The number of nitrogens with two attached hydrogens (primary N) is 1. The average molecular weight is 223 g/mol. The van der Waals surface area contributed by atoms with Gasteiger partial charge in [-0.3, -0.25) is 4.57 Å². The van der Waals surface area contributed by atoms with Crippen molar-refractivity contribution in [1.82, 2.24) is 14.8 Å².